The minimum Gasteiger partial charge on any atom is -0.447 e. The molecule has 5 heterocycles. The molecule has 1 aliphatic heterocycles. The SMILES string of the molecule is Cn1ccnc1-c1ccc2oc(C(=O)Nc3ccc(Cl)cn3)c(NC(=O)[C@H]3CC[C@H](N4CCOCC4=O)CC3)c2n1. The molecule has 12 nitrogen and oxygen atoms in total. The van der Waals surface area contributed by atoms with Gasteiger partial charge in [-0.25, -0.2) is 15.0 Å². The maximum Gasteiger partial charge on any atom is 0.294 e. The van der Waals surface area contributed by atoms with E-state index < -0.39 is 5.91 Å². The van der Waals surface area contributed by atoms with E-state index >= 15 is 0 Å². The Balaban J connectivity index is 1.27. The monoisotopic (exact) mass is 577 g/mol. The standard InChI is InChI=1S/C28H28ClN7O5/c1-35-11-10-30-26(35)19-7-8-20-23(32-19)24(25(41-20)28(39)33-21-9-4-17(29)14-31-21)34-27(38)16-2-5-18(6-3-16)36-12-13-40-15-22(36)37/h4,7-11,14,16,18H,2-3,5-6,12-13,15H2,1H3,(H,34,38)(H,31,33,39)/t16-,18-. The highest BCUT2D eigenvalue weighted by atomic mass is 35.5. The van der Waals surface area contributed by atoms with Crippen molar-refractivity contribution in [3.05, 3.63) is 53.6 Å². The number of rotatable bonds is 6. The van der Waals surface area contributed by atoms with Crippen LogP contribution < -0.4 is 10.6 Å². The second-order valence-corrected chi connectivity index (χ2v) is 10.6. The molecular weight excluding hydrogens is 550 g/mol. The molecule has 0 bridgehead atoms. The van der Waals surface area contributed by atoms with Crippen molar-refractivity contribution in [2.24, 2.45) is 13.0 Å². The number of anilines is 2. The minimum absolute atomic E-state index is 0.00515. The number of nitrogens with zero attached hydrogens (tertiary/aromatic N) is 5. The van der Waals surface area contributed by atoms with Crippen molar-refractivity contribution < 1.29 is 23.5 Å². The first-order chi connectivity index (χ1) is 19.9. The van der Waals surface area contributed by atoms with Crippen LogP contribution in [-0.2, 0) is 21.4 Å². The van der Waals surface area contributed by atoms with Gasteiger partial charge in [-0.1, -0.05) is 11.6 Å². The van der Waals surface area contributed by atoms with Gasteiger partial charge in [0, 0.05) is 44.1 Å². The van der Waals surface area contributed by atoms with Crippen LogP contribution in [0, 0.1) is 5.92 Å². The first-order valence-corrected chi connectivity index (χ1v) is 13.8. The van der Waals surface area contributed by atoms with Gasteiger partial charge >= 0.3 is 0 Å². The van der Waals surface area contributed by atoms with Crippen LogP contribution >= 0.6 is 11.6 Å². The van der Waals surface area contributed by atoms with Crippen LogP contribution in [0.15, 0.2) is 47.3 Å². The van der Waals surface area contributed by atoms with Crippen molar-refractivity contribution in [1.82, 2.24) is 24.4 Å². The number of nitrogens with one attached hydrogen (secondary N) is 2. The van der Waals surface area contributed by atoms with Gasteiger partial charge in [-0.2, -0.15) is 0 Å². The average Bonchev–Trinajstić information content (AvgIpc) is 3.57. The molecule has 0 radical (unpaired) electrons. The molecule has 0 spiro atoms. The summed E-state index contributed by atoms with van der Waals surface area (Å²) in [7, 11) is 1.85. The van der Waals surface area contributed by atoms with E-state index in [4.69, 9.17) is 25.7 Å². The Morgan fingerprint density at radius 3 is 2.61 bits per heavy atom. The molecule has 2 N–H and O–H groups in total. The first kappa shape index (κ1) is 26.9. The Kier molecular flexibility index (Phi) is 7.41. The molecule has 0 aromatic carbocycles. The van der Waals surface area contributed by atoms with Crippen molar-refractivity contribution >= 4 is 51.9 Å². The number of halogens is 1. The summed E-state index contributed by atoms with van der Waals surface area (Å²) in [4.78, 5) is 54.2. The van der Waals surface area contributed by atoms with Gasteiger partial charge in [-0.3, -0.25) is 14.4 Å². The van der Waals surface area contributed by atoms with Gasteiger partial charge in [0.05, 0.1) is 11.6 Å². The zero-order valence-corrected chi connectivity index (χ0v) is 23.1. The molecule has 0 atom stereocenters. The second kappa shape index (κ2) is 11.3. The third-order valence-electron chi connectivity index (χ3n) is 7.54. The molecule has 13 heteroatoms. The van der Waals surface area contributed by atoms with Crippen LogP contribution in [0.2, 0.25) is 5.02 Å². The normalized spacial score (nSPS) is 19.4. The Bertz CT molecular complexity index is 1610. The number of amides is 3. The topological polar surface area (TPSA) is 144 Å². The Morgan fingerprint density at radius 2 is 1.90 bits per heavy atom. The van der Waals surface area contributed by atoms with E-state index in [1.165, 1.54) is 6.20 Å². The van der Waals surface area contributed by atoms with Gasteiger partial charge in [0.15, 0.2) is 11.4 Å². The summed E-state index contributed by atoms with van der Waals surface area (Å²) in [6.07, 6.45) is 7.54. The summed E-state index contributed by atoms with van der Waals surface area (Å²) < 4.78 is 13.0. The predicted molar refractivity (Wildman–Crippen MR) is 150 cm³/mol. The van der Waals surface area contributed by atoms with Gasteiger partial charge in [0.2, 0.25) is 17.6 Å². The van der Waals surface area contributed by atoms with Crippen molar-refractivity contribution in [1.29, 1.82) is 0 Å². The molecule has 2 aliphatic rings. The molecule has 1 saturated heterocycles. The number of carbonyl (C=O) groups is 3. The van der Waals surface area contributed by atoms with E-state index in [-0.39, 0.29) is 47.6 Å². The van der Waals surface area contributed by atoms with Gasteiger partial charge in [0.25, 0.3) is 5.91 Å². The number of morpholine rings is 1. The average molecular weight is 578 g/mol. The summed E-state index contributed by atoms with van der Waals surface area (Å²) in [5.74, 6) is -0.327. The lowest BCUT2D eigenvalue weighted by atomic mass is 9.84. The zero-order chi connectivity index (χ0) is 28.5. The van der Waals surface area contributed by atoms with E-state index in [9.17, 15) is 14.4 Å². The fourth-order valence-corrected chi connectivity index (χ4v) is 5.51. The largest absolute Gasteiger partial charge is 0.447 e. The van der Waals surface area contributed by atoms with Crippen LogP contribution in [0.1, 0.15) is 36.2 Å². The molecule has 1 saturated carbocycles. The molecule has 1 aliphatic carbocycles. The fourth-order valence-electron chi connectivity index (χ4n) is 5.40. The highest BCUT2D eigenvalue weighted by molar-refractivity contribution is 6.30. The van der Waals surface area contributed by atoms with Crippen LogP contribution in [0.5, 0.6) is 0 Å². The number of hydrogen-bond donors (Lipinski definition) is 2. The van der Waals surface area contributed by atoms with Crippen LogP contribution in [0.4, 0.5) is 11.5 Å². The highest BCUT2D eigenvalue weighted by Gasteiger charge is 2.34. The quantitative estimate of drug-likeness (QED) is 0.351. The van der Waals surface area contributed by atoms with Crippen molar-refractivity contribution in [2.75, 3.05) is 30.4 Å². The number of fused-ring (bicyclic) bond motifs is 1. The maximum atomic E-state index is 13.5. The van der Waals surface area contributed by atoms with Gasteiger partial charge in [-0.05, 0) is 49.9 Å². The lowest BCUT2D eigenvalue weighted by Gasteiger charge is -2.38. The lowest BCUT2D eigenvalue weighted by molar-refractivity contribution is -0.146. The number of aryl methyl sites for hydroxylation is 1. The molecule has 4 aromatic heterocycles. The number of furan rings is 1. The summed E-state index contributed by atoms with van der Waals surface area (Å²) in [6.45, 7) is 1.22. The predicted octanol–water partition coefficient (Wildman–Crippen LogP) is 3.89. The van der Waals surface area contributed by atoms with Crippen LogP contribution in [0.3, 0.4) is 0 Å². The number of aromatic nitrogens is 4. The Morgan fingerprint density at radius 1 is 1.07 bits per heavy atom. The van der Waals surface area contributed by atoms with Crippen LogP contribution in [0.25, 0.3) is 22.6 Å². The number of carbonyl (C=O) groups excluding carboxylic acids is 3. The van der Waals surface area contributed by atoms with E-state index in [1.807, 2.05) is 16.5 Å². The highest BCUT2D eigenvalue weighted by Crippen LogP contribution is 2.34. The molecule has 4 aromatic rings. The van der Waals surface area contributed by atoms with E-state index in [0.29, 0.717) is 66.5 Å². The van der Waals surface area contributed by atoms with Gasteiger partial charge < -0.3 is 29.3 Å². The molecule has 3 amide bonds. The summed E-state index contributed by atoms with van der Waals surface area (Å²) in [5, 5.41) is 6.06. The Labute approximate surface area is 240 Å². The third kappa shape index (κ3) is 5.52. The van der Waals surface area contributed by atoms with Crippen LogP contribution in [-0.4, -0.2) is 67.9 Å². The number of imidazole rings is 1. The molecule has 212 valence electrons. The van der Waals surface area contributed by atoms with Crippen molar-refractivity contribution in [2.45, 2.75) is 31.7 Å². The van der Waals surface area contributed by atoms with E-state index in [2.05, 4.69) is 20.6 Å². The molecule has 41 heavy (non-hydrogen) atoms. The Hall–Kier alpha value is -4.29. The third-order valence-corrected chi connectivity index (χ3v) is 7.76. The summed E-state index contributed by atoms with van der Waals surface area (Å²) >= 11 is 5.92. The van der Waals surface area contributed by atoms with Crippen molar-refractivity contribution in [3.63, 3.8) is 0 Å². The van der Waals surface area contributed by atoms with Gasteiger partial charge in [0.1, 0.15) is 29.3 Å². The van der Waals surface area contributed by atoms with E-state index in [0.717, 1.165) is 0 Å². The number of ether oxygens (including phenoxy) is 1. The number of pyridine rings is 2. The summed E-state index contributed by atoms with van der Waals surface area (Å²) in [6, 6.07) is 6.71. The number of hydrogen-bond acceptors (Lipinski definition) is 8. The second-order valence-electron chi connectivity index (χ2n) is 10.2. The van der Waals surface area contributed by atoms with E-state index in [1.54, 1.807) is 36.7 Å². The van der Waals surface area contributed by atoms with Crippen molar-refractivity contribution in [3.8, 4) is 11.5 Å². The lowest BCUT2D eigenvalue weighted by Crippen LogP contribution is -2.49. The fraction of sp³-hybridized carbons (Fsp3) is 0.357. The zero-order valence-electron chi connectivity index (χ0n) is 22.3. The minimum atomic E-state index is -0.596. The molecule has 6 rings (SSSR count). The van der Waals surface area contributed by atoms with Gasteiger partial charge in [-0.15, -0.1) is 0 Å². The molecule has 2 fully saturated rings. The molecule has 0 unspecified atom stereocenters. The smallest absolute Gasteiger partial charge is 0.294 e. The molecular formula is C28H28ClN7O5. The first-order valence-electron chi connectivity index (χ1n) is 13.4. The maximum absolute atomic E-state index is 13.5. The summed E-state index contributed by atoms with van der Waals surface area (Å²) in [5.41, 5.74) is 1.41.